The van der Waals surface area contributed by atoms with Crippen LogP contribution in [0, 0.1) is 0 Å². The molecule has 1 N–H and O–H groups in total. The van der Waals surface area contributed by atoms with Crippen molar-refractivity contribution >= 4 is 9.84 Å². The van der Waals surface area contributed by atoms with E-state index in [0.29, 0.717) is 24.3 Å². The monoisotopic (exact) mass is 290 g/mol. The Labute approximate surface area is 117 Å². The van der Waals surface area contributed by atoms with Crippen molar-refractivity contribution in [2.75, 3.05) is 6.61 Å². The Balaban J connectivity index is 2.08. The van der Waals surface area contributed by atoms with Gasteiger partial charge in [0.1, 0.15) is 5.75 Å². The van der Waals surface area contributed by atoms with Gasteiger partial charge in [-0.25, -0.2) is 8.42 Å². The van der Waals surface area contributed by atoms with E-state index < -0.39 is 15.9 Å². The molecule has 3 rings (SSSR count). The van der Waals surface area contributed by atoms with E-state index in [-0.39, 0.29) is 9.79 Å². The molecule has 104 valence electrons. The SMILES string of the molecule is O=S(=O)(c1ccccc1)c1ccc2c(c1)OCCC2O. The molecule has 1 aliphatic rings. The smallest absolute Gasteiger partial charge is 0.206 e. The Hall–Kier alpha value is -1.85. The lowest BCUT2D eigenvalue weighted by atomic mass is 10.0. The Bertz CT molecular complexity index is 723. The van der Waals surface area contributed by atoms with Gasteiger partial charge in [0.05, 0.1) is 22.5 Å². The average molecular weight is 290 g/mol. The van der Waals surface area contributed by atoms with Crippen molar-refractivity contribution in [3.8, 4) is 5.75 Å². The third-order valence-electron chi connectivity index (χ3n) is 3.36. The average Bonchev–Trinajstić information content (AvgIpc) is 2.48. The standard InChI is InChI=1S/C15H14O4S/c16-14-8-9-19-15-10-12(6-7-13(14)15)20(17,18)11-4-2-1-3-5-11/h1-7,10,14,16H,8-9H2. The highest BCUT2D eigenvalue weighted by atomic mass is 32.2. The summed E-state index contributed by atoms with van der Waals surface area (Å²) in [6.45, 7) is 0.392. The minimum atomic E-state index is -3.55. The van der Waals surface area contributed by atoms with Crippen molar-refractivity contribution in [3.63, 3.8) is 0 Å². The van der Waals surface area contributed by atoms with Crippen molar-refractivity contribution < 1.29 is 18.3 Å². The maximum Gasteiger partial charge on any atom is 0.206 e. The Morgan fingerprint density at radius 2 is 1.80 bits per heavy atom. The lowest BCUT2D eigenvalue weighted by molar-refractivity contribution is 0.115. The van der Waals surface area contributed by atoms with Gasteiger partial charge < -0.3 is 9.84 Å². The van der Waals surface area contributed by atoms with Crippen LogP contribution in [0.2, 0.25) is 0 Å². The normalized spacial score (nSPS) is 18.1. The number of sulfone groups is 1. The van der Waals surface area contributed by atoms with E-state index in [0.717, 1.165) is 0 Å². The molecule has 2 aromatic rings. The van der Waals surface area contributed by atoms with Gasteiger partial charge in [-0.1, -0.05) is 24.3 Å². The van der Waals surface area contributed by atoms with Gasteiger partial charge in [-0.15, -0.1) is 0 Å². The molecule has 0 spiro atoms. The molecule has 0 fully saturated rings. The maximum absolute atomic E-state index is 12.5. The largest absolute Gasteiger partial charge is 0.493 e. The highest BCUT2D eigenvalue weighted by Gasteiger charge is 2.23. The van der Waals surface area contributed by atoms with E-state index in [1.54, 1.807) is 36.4 Å². The molecule has 0 aromatic heterocycles. The summed E-state index contributed by atoms with van der Waals surface area (Å²) in [6.07, 6.45) is -0.0650. The fraction of sp³-hybridized carbons (Fsp3) is 0.200. The van der Waals surface area contributed by atoms with Crippen LogP contribution >= 0.6 is 0 Å². The number of ether oxygens (including phenoxy) is 1. The highest BCUT2D eigenvalue weighted by Crippen LogP contribution is 2.34. The zero-order chi connectivity index (χ0) is 14.2. The lowest BCUT2D eigenvalue weighted by Gasteiger charge is -2.22. The molecule has 1 heterocycles. The predicted octanol–water partition coefficient (Wildman–Crippen LogP) is 2.34. The number of hydrogen-bond donors (Lipinski definition) is 1. The fourth-order valence-corrected chi connectivity index (χ4v) is 3.55. The van der Waals surface area contributed by atoms with Crippen LogP contribution in [0.25, 0.3) is 0 Å². The van der Waals surface area contributed by atoms with E-state index >= 15 is 0 Å². The second kappa shape index (κ2) is 4.92. The van der Waals surface area contributed by atoms with E-state index in [1.165, 1.54) is 12.1 Å². The second-order valence-electron chi connectivity index (χ2n) is 4.67. The molecule has 0 bridgehead atoms. The summed E-state index contributed by atoms with van der Waals surface area (Å²) in [5, 5.41) is 9.84. The van der Waals surface area contributed by atoms with Gasteiger partial charge in [0, 0.05) is 12.0 Å². The third-order valence-corrected chi connectivity index (χ3v) is 5.12. The van der Waals surface area contributed by atoms with E-state index in [2.05, 4.69) is 0 Å². The quantitative estimate of drug-likeness (QED) is 0.922. The van der Waals surface area contributed by atoms with Crippen molar-refractivity contribution in [3.05, 3.63) is 54.1 Å². The van der Waals surface area contributed by atoms with Gasteiger partial charge in [-0.3, -0.25) is 0 Å². The summed E-state index contributed by atoms with van der Waals surface area (Å²) in [5.74, 6) is 0.445. The van der Waals surface area contributed by atoms with Crippen molar-refractivity contribution in [2.45, 2.75) is 22.3 Å². The van der Waals surface area contributed by atoms with Crippen LogP contribution in [0.4, 0.5) is 0 Å². The predicted molar refractivity (Wildman–Crippen MR) is 73.4 cm³/mol. The Morgan fingerprint density at radius 3 is 2.55 bits per heavy atom. The van der Waals surface area contributed by atoms with Gasteiger partial charge in [-0.05, 0) is 24.3 Å². The minimum absolute atomic E-state index is 0.177. The van der Waals surface area contributed by atoms with Gasteiger partial charge >= 0.3 is 0 Å². The van der Waals surface area contributed by atoms with Gasteiger partial charge in [-0.2, -0.15) is 0 Å². The van der Waals surface area contributed by atoms with E-state index in [9.17, 15) is 13.5 Å². The topological polar surface area (TPSA) is 63.6 Å². The number of hydrogen-bond acceptors (Lipinski definition) is 4. The zero-order valence-electron chi connectivity index (χ0n) is 10.7. The molecule has 2 aromatic carbocycles. The van der Waals surface area contributed by atoms with Gasteiger partial charge in [0.15, 0.2) is 0 Å². The molecule has 20 heavy (non-hydrogen) atoms. The van der Waals surface area contributed by atoms with Gasteiger partial charge in [0.2, 0.25) is 9.84 Å². The van der Waals surface area contributed by atoms with Crippen LogP contribution < -0.4 is 4.74 Å². The van der Waals surface area contributed by atoms with Crippen molar-refractivity contribution in [2.24, 2.45) is 0 Å². The summed E-state index contributed by atoms with van der Waals surface area (Å²) < 4.78 is 30.4. The number of fused-ring (bicyclic) bond motifs is 1. The van der Waals surface area contributed by atoms with Crippen LogP contribution in [0.1, 0.15) is 18.1 Å². The molecule has 0 amide bonds. The summed E-state index contributed by atoms with van der Waals surface area (Å²) in [6, 6.07) is 12.9. The fourth-order valence-electron chi connectivity index (χ4n) is 2.25. The van der Waals surface area contributed by atoms with Gasteiger partial charge in [0.25, 0.3) is 0 Å². The molecule has 0 aliphatic carbocycles. The number of benzene rings is 2. The molecule has 5 heteroatoms. The molecule has 1 aliphatic heterocycles. The Morgan fingerprint density at radius 1 is 1.05 bits per heavy atom. The molecule has 1 atom stereocenters. The summed E-state index contributed by atoms with van der Waals surface area (Å²) >= 11 is 0. The highest BCUT2D eigenvalue weighted by molar-refractivity contribution is 7.91. The van der Waals surface area contributed by atoms with Crippen molar-refractivity contribution in [1.82, 2.24) is 0 Å². The molecule has 0 radical (unpaired) electrons. The summed E-state index contributed by atoms with van der Waals surface area (Å²) in [4.78, 5) is 0.424. The second-order valence-corrected chi connectivity index (χ2v) is 6.62. The summed E-state index contributed by atoms with van der Waals surface area (Å²) in [7, 11) is -3.55. The third kappa shape index (κ3) is 2.19. The Kier molecular flexibility index (Phi) is 3.23. The van der Waals surface area contributed by atoms with Crippen LogP contribution in [0.3, 0.4) is 0 Å². The molecular formula is C15H14O4S. The maximum atomic E-state index is 12.5. The lowest BCUT2D eigenvalue weighted by Crippen LogP contribution is -2.14. The first-order valence-corrected chi connectivity index (χ1v) is 7.82. The number of aliphatic hydroxyl groups is 1. The van der Waals surface area contributed by atoms with E-state index in [1.807, 2.05) is 0 Å². The molecule has 0 saturated carbocycles. The molecular weight excluding hydrogens is 276 g/mol. The minimum Gasteiger partial charge on any atom is -0.493 e. The van der Waals surface area contributed by atoms with Crippen LogP contribution in [0.15, 0.2) is 58.3 Å². The van der Waals surface area contributed by atoms with E-state index in [4.69, 9.17) is 4.74 Å². The number of aliphatic hydroxyl groups excluding tert-OH is 1. The molecule has 0 saturated heterocycles. The van der Waals surface area contributed by atoms with Crippen LogP contribution in [0.5, 0.6) is 5.75 Å². The van der Waals surface area contributed by atoms with Crippen LogP contribution in [-0.2, 0) is 9.84 Å². The number of rotatable bonds is 2. The first-order valence-electron chi connectivity index (χ1n) is 6.34. The summed E-state index contributed by atoms with van der Waals surface area (Å²) in [5.41, 5.74) is 0.642. The van der Waals surface area contributed by atoms with Crippen molar-refractivity contribution in [1.29, 1.82) is 0 Å². The zero-order valence-corrected chi connectivity index (χ0v) is 11.5. The molecule has 1 unspecified atom stereocenters. The molecule has 4 nitrogen and oxygen atoms in total. The first-order chi connectivity index (χ1) is 9.59. The first kappa shape index (κ1) is 13.1. The van der Waals surface area contributed by atoms with Crippen LogP contribution in [-0.4, -0.2) is 20.1 Å².